The van der Waals surface area contributed by atoms with Crippen molar-refractivity contribution in [2.75, 3.05) is 5.32 Å². The topological polar surface area (TPSA) is 42.2 Å². The van der Waals surface area contributed by atoms with Crippen LogP contribution in [0.5, 0.6) is 0 Å². The van der Waals surface area contributed by atoms with Gasteiger partial charge in [0.05, 0.1) is 0 Å². The molecule has 0 spiro atoms. The van der Waals surface area contributed by atoms with E-state index in [1.165, 1.54) is 0 Å². The number of fused-ring (bicyclic) bond motifs is 1. The number of benzene rings is 1. The number of nitrogens with zero attached hydrogens (tertiary/aromatic N) is 3. The average Bonchev–Trinajstić information content (AvgIpc) is 2.82. The third-order valence-electron chi connectivity index (χ3n) is 2.95. The average molecular weight is 273 g/mol. The molecule has 3 aromatic rings. The van der Waals surface area contributed by atoms with Gasteiger partial charge in [-0.05, 0) is 30.2 Å². The van der Waals surface area contributed by atoms with E-state index in [9.17, 15) is 0 Å². The summed E-state index contributed by atoms with van der Waals surface area (Å²) in [6, 6.07) is 11.7. The van der Waals surface area contributed by atoms with Gasteiger partial charge in [0, 0.05) is 17.8 Å². The molecule has 0 amide bonds. The molecule has 0 aliphatic rings. The van der Waals surface area contributed by atoms with Crippen molar-refractivity contribution in [3.05, 3.63) is 58.7 Å². The molecule has 0 aliphatic carbocycles. The van der Waals surface area contributed by atoms with Crippen molar-refractivity contribution in [3.8, 4) is 0 Å². The second-order valence-corrected chi connectivity index (χ2v) is 4.75. The maximum atomic E-state index is 6.11. The molecule has 96 valence electrons. The summed E-state index contributed by atoms with van der Waals surface area (Å²) in [6.07, 6.45) is 1.88. The van der Waals surface area contributed by atoms with Gasteiger partial charge in [0.2, 0.25) is 5.95 Å². The Balaban J connectivity index is 1.83. The smallest absolute Gasteiger partial charge is 0.243 e. The van der Waals surface area contributed by atoms with E-state index in [-0.39, 0.29) is 0 Å². The Hall–Kier alpha value is -2.07. The first-order valence-electron chi connectivity index (χ1n) is 6.03. The first-order valence-corrected chi connectivity index (χ1v) is 6.41. The number of pyridine rings is 1. The van der Waals surface area contributed by atoms with Gasteiger partial charge in [0.1, 0.15) is 0 Å². The van der Waals surface area contributed by atoms with Crippen LogP contribution in [0.3, 0.4) is 0 Å². The SMILES string of the molecule is Cc1cccn2nc(NCc3ccccc3Cl)nc12. The predicted octanol–water partition coefficient (Wildman–Crippen LogP) is 3.30. The summed E-state index contributed by atoms with van der Waals surface area (Å²) in [4.78, 5) is 4.45. The van der Waals surface area contributed by atoms with Crippen molar-refractivity contribution in [2.24, 2.45) is 0 Å². The van der Waals surface area contributed by atoms with Gasteiger partial charge < -0.3 is 5.32 Å². The fourth-order valence-electron chi connectivity index (χ4n) is 1.93. The van der Waals surface area contributed by atoms with Crippen molar-refractivity contribution < 1.29 is 0 Å². The zero-order valence-electron chi connectivity index (χ0n) is 10.5. The van der Waals surface area contributed by atoms with Crippen molar-refractivity contribution in [1.29, 1.82) is 0 Å². The highest BCUT2D eigenvalue weighted by Gasteiger charge is 2.05. The molecule has 0 saturated heterocycles. The van der Waals surface area contributed by atoms with E-state index in [1.807, 2.05) is 49.5 Å². The zero-order chi connectivity index (χ0) is 13.2. The Morgan fingerprint density at radius 3 is 2.84 bits per heavy atom. The van der Waals surface area contributed by atoms with E-state index < -0.39 is 0 Å². The van der Waals surface area contributed by atoms with Gasteiger partial charge in [0.15, 0.2) is 5.65 Å². The van der Waals surface area contributed by atoms with Crippen LogP contribution in [0.15, 0.2) is 42.6 Å². The third-order valence-corrected chi connectivity index (χ3v) is 3.32. The first-order chi connectivity index (χ1) is 9.24. The highest BCUT2D eigenvalue weighted by atomic mass is 35.5. The standard InChI is InChI=1S/C14H13ClN4/c1-10-5-4-8-19-13(10)17-14(18-19)16-9-11-6-2-3-7-12(11)15/h2-8H,9H2,1H3,(H,16,18). The maximum absolute atomic E-state index is 6.11. The van der Waals surface area contributed by atoms with Crippen molar-refractivity contribution >= 4 is 23.2 Å². The number of aromatic nitrogens is 3. The minimum absolute atomic E-state index is 0.606. The van der Waals surface area contributed by atoms with E-state index in [2.05, 4.69) is 15.4 Å². The highest BCUT2D eigenvalue weighted by Crippen LogP contribution is 2.16. The number of aryl methyl sites for hydroxylation is 1. The zero-order valence-corrected chi connectivity index (χ0v) is 11.2. The third kappa shape index (κ3) is 2.39. The molecule has 0 fully saturated rings. The molecule has 0 saturated carbocycles. The molecule has 0 bridgehead atoms. The molecule has 1 aromatic carbocycles. The van der Waals surface area contributed by atoms with Crippen LogP contribution in [0.4, 0.5) is 5.95 Å². The number of halogens is 1. The minimum Gasteiger partial charge on any atom is -0.349 e. The number of anilines is 1. The minimum atomic E-state index is 0.606. The van der Waals surface area contributed by atoms with E-state index in [0.29, 0.717) is 12.5 Å². The Kier molecular flexibility index (Phi) is 3.09. The molecule has 0 aliphatic heterocycles. The first kappa shape index (κ1) is 12.0. The summed E-state index contributed by atoms with van der Waals surface area (Å²) in [6.45, 7) is 2.62. The summed E-state index contributed by atoms with van der Waals surface area (Å²) in [5.74, 6) is 0.606. The highest BCUT2D eigenvalue weighted by molar-refractivity contribution is 6.31. The van der Waals surface area contributed by atoms with Gasteiger partial charge in [-0.15, -0.1) is 5.10 Å². The van der Waals surface area contributed by atoms with Crippen LogP contribution >= 0.6 is 11.6 Å². The lowest BCUT2D eigenvalue weighted by Crippen LogP contribution is -2.01. The quantitative estimate of drug-likeness (QED) is 0.795. The Morgan fingerprint density at radius 2 is 2.05 bits per heavy atom. The Bertz CT molecular complexity index is 720. The molecular weight excluding hydrogens is 260 g/mol. The molecular formula is C14H13ClN4. The molecule has 19 heavy (non-hydrogen) atoms. The van der Waals surface area contributed by atoms with Gasteiger partial charge in [0.25, 0.3) is 0 Å². The second kappa shape index (κ2) is 4.90. The fourth-order valence-corrected chi connectivity index (χ4v) is 2.13. The van der Waals surface area contributed by atoms with Gasteiger partial charge in [-0.1, -0.05) is 35.9 Å². The fraction of sp³-hybridized carbons (Fsp3) is 0.143. The van der Waals surface area contributed by atoms with Gasteiger partial charge in [-0.2, -0.15) is 4.98 Å². The van der Waals surface area contributed by atoms with E-state index in [4.69, 9.17) is 11.6 Å². The van der Waals surface area contributed by atoms with Gasteiger partial charge in [-0.3, -0.25) is 0 Å². The molecule has 2 aromatic heterocycles. The Morgan fingerprint density at radius 1 is 1.21 bits per heavy atom. The van der Waals surface area contributed by atoms with E-state index >= 15 is 0 Å². The molecule has 4 nitrogen and oxygen atoms in total. The second-order valence-electron chi connectivity index (χ2n) is 4.34. The van der Waals surface area contributed by atoms with Crippen molar-refractivity contribution in [1.82, 2.24) is 14.6 Å². The van der Waals surface area contributed by atoms with Crippen molar-refractivity contribution in [2.45, 2.75) is 13.5 Å². The summed E-state index contributed by atoms with van der Waals surface area (Å²) in [5, 5.41) is 8.31. The predicted molar refractivity (Wildman–Crippen MR) is 76.5 cm³/mol. The van der Waals surface area contributed by atoms with Crippen LogP contribution in [-0.4, -0.2) is 14.6 Å². The van der Waals surface area contributed by atoms with Gasteiger partial charge >= 0.3 is 0 Å². The van der Waals surface area contributed by atoms with Crippen LogP contribution in [0.25, 0.3) is 5.65 Å². The maximum Gasteiger partial charge on any atom is 0.243 e. The van der Waals surface area contributed by atoms with Crippen LogP contribution < -0.4 is 5.32 Å². The monoisotopic (exact) mass is 272 g/mol. The Labute approximate surface area is 116 Å². The van der Waals surface area contributed by atoms with Crippen LogP contribution in [-0.2, 0) is 6.54 Å². The van der Waals surface area contributed by atoms with E-state index in [0.717, 1.165) is 21.8 Å². The van der Waals surface area contributed by atoms with Crippen molar-refractivity contribution in [3.63, 3.8) is 0 Å². The van der Waals surface area contributed by atoms with Crippen LogP contribution in [0, 0.1) is 6.92 Å². The lowest BCUT2D eigenvalue weighted by molar-refractivity contribution is 0.946. The number of hydrogen-bond acceptors (Lipinski definition) is 3. The van der Waals surface area contributed by atoms with Crippen LogP contribution in [0.1, 0.15) is 11.1 Å². The summed E-state index contributed by atoms with van der Waals surface area (Å²) in [5.41, 5.74) is 2.99. The number of hydrogen-bond donors (Lipinski definition) is 1. The molecule has 2 heterocycles. The largest absolute Gasteiger partial charge is 0.349 e. The normalized spacial score (nSPS) is 10.8. The summed E-state index contributed by atoms with van der Waals surface area (Å²) in [7, 11) is 0. The van der Waals surface area contributed by atoms with Crippen LogP contribution in [0.2, 0.25) is 5.02 Å². The molecule has 1 N–H and O–H groups in total. The summed E-state index contributed by atoms with van der Waals surface area (Å²) >= 11 is 6.11. The number of nitrogens with one attached hydrogen (secondary N) is 1. The molecule has 3 rings (SSSR count). The molecule has 5 heteroatoms. The van der Waals surface area contributed by atoms with Gasteiger partial charge in [-0.25, -0.2) is 4.52 Å². The lowest BCUT2D eigenvalue weighted by Gasteiger charge is -2.03. The van der Waals surface area contributed by atoms with E-state index in [1.54, 1.807) is 4.52 Å². The summed E-state index contributed by atoms with van der Waals surface area (Å²) < 4.78 is 1.77. The lowest BCUT2D eigenvalue weighted by atomic mass is 10.2. The number of rotatable bonds is 3. The molecule has 0 radical (unpaired) electrons. The molecule has 0 unspecified atom stereocenters. The molecule has 0 atom stereocenters.